The van der Waals surface area contributed by atoms with Crippen LogP contribution in [0.1, 0.15) is 112 Å². The Morgan fingerprint density at radius 2 is 1.79 bits per heavy atom. The lowest BCUT2D eigenvalue weighted by atomic mass is 9.46. The van der Waals surface area contributed by atoms with Gasteiger partial charge < -0.3 is 30.4 Å². The van der Waals surface area contributed by atoms with Gasteiger partial charge in [-0.15, -0.1) is 6.42 Å². The van der Waals surface area contributed by atoms with Crippen LogP contribution in [0.5, 0.6) is 0 Å². The van der Waals surface area contributed by atoms with Crippen molar-refractivity contribution in [3.8, 4) is 12.3 Å². The van der Waals surface area contributed by atoms with Crippen LogP contribution < -0.4 is 10.6 Å². The lowest BCUT2D eigenvalue weighted by Gasteiger charge is -2.58. The van der Waals surface area contributed by atoms with Crippen molar-refractivity contribution in [1.82, 2.24) is 10.6 Å². The fourth-order valence-electron chi connectivity index (χ4n) is 10.2. The average molecular weight is 668 g/mol. The maximum absolute atomic E-state index is 13.4. The highest BCUT2D eigenvalue weighted by Gasteiger charge is 2.63. The van der Waals surface area contributed by atoms with Crippen LogP contribution in [0.3, 0.4) is 0 Å². The summed E-state index contributed by atoms with van der Waals surface area (Å²) >= 11 is 0. The number of nitrogens with zero attached hydrogens (tertiary/aromatic N) is 1. The van der Waals surface area contributed by atoms with Crippen LogP contribution in [0.25, 0.3) is 0 Å². The van der Waals surface area contributed by atoms with Gasteiger partial charge in [0.25, 0.3) is 5.91 Å². The molecule has 0 bridgehead atoms. The first kappa shape index (κ1) is 36.4. The molecule has 0 aromatic heterocycles. The molecular formula is C38H57N3O7. The predicted octanol–water partition coefficient (Wildman–Crippen LogP) is 4.99. The standard InChI is InChI=1S/C38H57N3O7/c1-8-38(46)17-13-29-27-10-9-25-19-26(11-15-36(25,6)28(27)12-16-37(29,38)7)41-48-22-31(42)40-33(23(2)3)34(45)39-30(20-32(43)44)24-14-18-47-35(4,5)21-24/h1,19,23-24,27-30,33,46H,9-18,20-22H2,2-7H3,(H,39,45)(H,40,42)(H,43,44)/b41-26+/t24-,27-,28-,29-,30+,33+,36+,37+,38-/m1/s1. The largest absolute Gasteiger partial charge is 0.481 e. The molecule has 4 fully saturated rings. The molecule has 10 nitrogen and oxygen atoms in total. The number of allylic oxidation sites excluding steroid dienone is 2. The normalized spacial score (nSPS) is 37.6. The van der Waals surface area contributed by atoms with Crippen molar-refractivity contribution in [3.05, 3.63) is 11.6 Å². The maximum Gasteiger partial charge on any atom is 0.305 e. The van der Waals surface area contributed by atoms with Crippen LogP contribution in [0.2, 0.25) is 0 Å². The highest BCUT2D eigenvalue weighted by Crippen LogP contribution is 2.67. The summed E-state index contributed by atoms with van der Waals surface area (Å²) in [6.07, 6.45) is 16.6. The summed E-state index contributed by atoms with van der Waals surface area (Å²) in [7, 11) is 0. The van der Waals surface area contributed by atoms with Crippen LogP contribution in [0, 0.1) is 52.8 Å². The Labute approximate surface area is 286 Å². The Hall–Kier alpha value is -2.90. The van der Waals surface area contributed by atoms with E-state index in [9.17, 15) is 24.6 Å². The minimum atomic E-state index is -1.00. The third-order valence-electron chi connectivity index (χ3n) is 13.0. The molecule has 0 aromatic rings. The van der Waals surface area contributed by atoms with Crippen molar-refractivity contribution in [2.24, 2.45) is 45.6 Å². The molecule has 1 saturated heterocycles. The molecule has 266 valence electrons. The Balaban J connectivity index is 1.17. The van der Waals surface area contributed by atoms with E-state index in [4.69, 9.17) is 16.0 Å². The highest BCUT2D eigenvalue weighted by molar-refractivity contribution is 5.96. The first-order valence-electron chi connectivity index (χ1n) is 18.1. The predicted molar refractivity (Wildman–Crippen MR) is 183 cm³/mol. The number of hydrogen-bond acceptors (Lipinski definition) is 7. The van der Waals surface area contributed by atoms with Gasteiger partial charge in [-0.1, -0.05) is 44.3 Å². The second kappa shape index (κ2) is 13.8. The van der Waals surface area contributed by atoms with E-state index in [1.807, 2.05) is 27.7 Å². The molecule has 1 aliphatic heterocycles. The summed E-state index contributed by atoms with van der Waals surface area (Å²) in [6.45, 7) is 12.4. The van der Waals surface area contributed by atoms with E-state index in [2.05, 4.69) is 41.6 Å². The zero-order valence-electron chi connectivity index (χ0n) is 29.8. The van der Waals surface area contributed by atoms with E-state index in [1.165, 1.54) is 5.57 Å². The van der Waals surface area contributed by atoms with Gasteiger partial charge >= 0.3 is 5.97 Å². The van der Waals surface area contributed by atoms with Crippen molar-refractivity contribution in [3.63, 3.8) is 0 Å². The molecule has 5 aliphatic rings. The number of carboxylic acid groups (broad SMARTS) is 1. The molecule has 0 unspecified atom stereocenters. The van der Waals surface area contributed by atoms with Crippen LogP contribution in [0.4, 0.5) is 0 Å². The number of aliphatic hydroxyl groups is 1. The van der Waals surface area contributed by atoms with E-state index >= 15 is 0 Å². The number of carbonyl (C=O) groups excluding carboxylic acids is 2. The van der Waals surface area contributed by atoms with Gasteiger partial charge in [0.05, 0.1) is 17.7 Å². The smallest absolute Gasteiger partial charge is 0.305 e. The van der Waals surface area contributed by atoms with Gasteiger partial charge in [0.15, 0.2) is 6.61 Å². The van der Waals surface area contributed by atoms with Crippen LogP contribution in [-0.2, 0) is 24.0 Å². The molecule has 10 heteroatoms. The zero-order chi connectivity index (χ0) is 35.1. The number of fused-ring (bicyclic) bond motifs is 5. The van der Waals surface area contributed by atoms with E-state index in [-0.39, 0.29) is 35.7 Å². The molecule has 48 heavy (non-hydrogen) atoms. The van der Waals surface area contributed by atoms with Crippen molar-refractivity contribution in [2.75, 3.05) is 13.2 Å². The van der Waals surface area contributed by atoms with Crippen LogP contribution in [-0.4, -0.2) is 70.2 Å². The number of ether oxygens (including phenoxy) is 1. The number of hydrogen-bond donors (Lipinski definition) is 4. The van der Waals surface area contributed by atoms with Crippen LogP contribution >= 0.6 is 0 Å². The van der Waals surface area contributed by atoms with Crippen molar-refractivity contribution >= 4 is 23.5 Å². The van der Waals surface area contributed by atoms with Gasteiger partial charge in [-0.25, -0.2) is 0 Å². The Kier molecular flexibility index (Phi) is 10.4. The van der Waals surface area contributed by atoms with E-state index < -0.39 is 41.1 Å². The molecule has 9 atom stereocenters. The van der Waals surface area contributed by atoms with E-state index in [1.54, 1.807) is 0 Å². The summed E-state index contributed by atoms with van der Waals surface area (Å²) in [5.74, 6) is 2.19. The number of oxime groups is 1. The Morgan fingerprint density at radius 3 is 2.46 bits per heavy atom. The molecule has 1 heterocycles. The molecule has 3 saturated carbocycles. The third kappa shape index (κ3) is 7.05. The average Bonchev–Trinajstić information content (AvgIpc) is 3.29. The molecule has 0 spiro atoms. The minimum Gasteiger partial charge on any atom is -0.481 e. The Morgan fingerprint density at radius 1 is 1.06 bits per heavy atom. The molecule has 5 rings (SSSR count). The molecule has 4 N–H and O–H groups in total. The number of nitrogens with one attached hydrogen (secondary N) is 2. The van der Waals surface area contributed by atoms with E-state index in [0.717, 1.165) is 50.7 Å². The summed E-state index contributed by atoms with van der Waals surface area (Å²) < 4.78 is 5.80. The number of amides is 2. The number of rotatable bonds is 10. The van der Waals surface area contributed by atoms with E-state index in [0.29, 0.717) is 43.6 Å². The topological polar surface area (TPSA) is 147 Å². The molecular weight excluding hydrogens is 610 g/mol. The minimum absolute atomic E-state index is 0.0486. The Bertz CT molecular complexity index is 1370. The number of terminal acetylenes is 1. The SMILES string of the molecule is C#C[C@@]1(O)CC[C@@H]2[C@@H]3CCC4=C/C(=N/OCC(=O)N[C@H](C(=O)N[C@@H](CC(=O)O)[C@@H]5CCOC(C)(C)C5)C(C)C)CC[C@]4(C)[C@@H]3CC[C@@]21C. The quantitative estimate of drug-likeness (QED) is 0.190. The van der Waals surface area contributed by atoms with Gasteiger partial charge in [-0.3, -0.25) is 14.4 Å². The van der Waals surface area contributed by atoms with Crippen LogP contribution in [0.15, 0.2) is 16.8 Å². The molecule has 0 radical (unpaired) electrons. The van der Waals surface area contributed by atoms with Crippen molar-refractivity contribution < 1.29 is 34.2 Å². The van der Waals surface area contributed by atoms with Crippen molar-refractivity contribution in [1.29, 1.82) is 0 Å². The fraction of sp³-hybridized carbons (Fsp3) is 0.789. The fourth-order valence-corrected chi connectivity index (χ4v) is 10.2. The highest BCUT2D eigenvalue weighted by atomic mass is 16.6. The second-order valence-corrected chi connectivity index (χ2v) is 16.7. The van der Waals surface area contributed by atoms with Gasteiger partial charge in [-0.2, -0.15) is 0 Å². The first-order chi connectivity index (χ1) is 22.5. The number of aliphatic carboxylic acids is 1. The van der Waals surface area contributed by atoms with Gasteiger partial charge in [0.1, 0.15) is 11.6 Å². The summed E-state index contributed by atoms with van der Waals surface area (Å²) in [5, 5.41) is 30.9. The lowest BCUT2D eigenvalue weighted by Crippen LogP contribution is -2.55. The summed E-state index contributed by atoms with van der Waals surface area (Å²) in [6, 6.07) is -1.42. The summed E-state index contributed by atoms with van der Waals surface area (Å²) in [5.41, 5.74) is 0.689. The number of carboxylic acids is 1. The number of carbonyl (C=O) groups is 3. The summed E-state index contributed by atoms with van der Waals surface area (Å²) in [4.78, 5) is 43.5. The maximum atomic E-state index is 13.4. The molecule has 2 amide bonds. The second-order valence-electron chi connectivity index (χ2n) is 16.7. The molecule has 0 aromatic carbocycles. The van der Waals surface area contributed by atoms with Gasteiger partial charge in [0.2, 0.25) is 5.91 Å². The van der Waals surface area contributed by atoms with Crippen molar-refractivity contribution in [2.45, 2.75) is 135 Å². The third-order valence-corrected chi connectivity index (χ3v) is 13.0. The first-order valence-corrected chi connectivity index (χ1v) is 18.1. The lowest BCUT2D eigenvalue weighted by molar-refractivity contribution is -0.140. The van der Waals surface area contributed by atoms with Gasteiger partial charge in [-0.05, 0) is 119 Å². The molecule has 4 aliphatic carbocycles. The zero-order valence-corrected chi connectivity index (χ0v) is 29.8. The monoisotopic (exact) mass is 667 g/mol. The van der Waals surface area contributed by atoms with Gasteiger partial charge in [0, 0.05) is 18.1 Å².